The summed E-state index contributed by atoms with van der Waals surface area (Å²) < 4.78 is 2.30. The molecule has 0 atom stereocenters. The summed E-state index contributed by atoms with van der Waals surface area (Å²) in [4.78, 5) is 23.7. The monoisotopic (exact) mass is 254 g/mol. The molecule has 0 unspecified atom stereocenters. The number of anilines is 1. The van der Waals surface area contributed by atoms with Crippen LogP contribution in [0.5, 0.6) is 0 Å². The zero-order chi connectivity index (χ0) is 13.2. The van der Waals surface area contributed by atoms with Crippen LogP contribution < -0.4 is 17.0 Å². The summed E-state index contributed by atoms with van der Waals surface area (Å²) >= 11 is 0.680. The molecule has 0 saturated carbocycles. The van der Waals surface area contributed by atoms with E-state index in [-0.39, 0.29) is 16.6 Å². The number of rotatable bonds is 3. The highest BCUT2D eigenvalue weighted by Crippen LogP contribution is 2.18. The van der Waals surface area contributed by atoms with Crippen molar-refractivity contribution in [2.45, 2.75) is 25.3 Å². The molecule has 0 saturated heterocycles. The van der Waals surface area contributed by atoms with Gasteiger partial charge in [-0.1, -0.05) is 13.8 Å². The molecule has 0 fully saturated rings. The Morgan fingerprint density at radius 1 is 1.47 bits per heavy atom. The Labute approximate surface area is 103 Å². The molecule has 0 aliphatic heterocycles. The van der Waals surface area contributed by atoms with Crippen molar-refractivity contribution in [2.75, 3.05) is 5.73 Å². The number of thioether (sulfide) groups is 1. The summed E-state index contributed by atoms with van der Waals surface area (Å²) in [6.07, 6.45) is 0. The highest BCUT2D eigenvalue weighted by molar-refractivity contribution is 8.03. The zero-order valence-electron chi connectivity index (χ0n) is 9.93. The minimum atomic E-state index is -0.529. The smallest absolute Gasteiger partial charge is 0.332 e. The minimum absolute atomic E-state index is 0.0679. The van der Waals surface area contributed by atoms with Crippen molar-refractivity contribution in [1.82, 2.24) is 9.13 Å². The molecule has 6 nitrogen and oxygen atoms in total. The third-order valence-corrected chi connectivity index (χ3v) is 2.91. The molecule has 1 aromatic rings. The molecule has 0 aliphatic rings. The van der Waals surface area contributed by atoms with Gasteiger partial charge >= 0.3 is 5.69 Å². The quantitative estimate of drug-likeness (QED) is 0.620. The van der Waals surface area contributed by atoms with E-state index >= 15 is 0 Å². The number of nitrogens with two attached hydrogens (primary N) is 1. The second-order valence-electron chi connectivity index (χ2n) is 4.06. The molecule has 0 aromatic carbocycles. The Balaban J connectivity index is 3.57. The molecule has 0 spiro atoms. The van der Waals surface area contributed by atoms with E-state index in [9.17, 15) is 9.59 Å². The first-order valence-electron chi connectivity index (χ1n) is 5.05. The average molecular weight is 254 g/mol. The van der Waals surface area contributed by atoms with Gasteiger partial charge in [-0.3, -0.25) is 13.9 Å². The Morgan fingerprint density at radius 3 is 2.53 bits per heavy atom. The molecule has 2 N–H and O–H groups in total. The first kappa shape index (κ1) is 13.4. The van der Waals surface area contributed by atoms with E-state index in [0.29, 0.717) is 18.3 Å². The number of nitrogens with zero attached hydrogens (tertiary/aromatic N) is 3. The SMILES string of the molecule is CC(C)Cn1c(N)c(SC#N)c(=O)n(C)c1=O. The van der Waals surface area contributed by atoms with Gasteiger partial charge in [-0.15, -0.1) is 0 Å². The standard InChI is InChI=1S/C10H14N4O2S/c1-6(2)4-14-8(12)7(17-5-11)9(15)13(3)10(14)16/h6H,4,12H2,1-3H3. The summed E-state index contributed by atoms with van der Waals surface area (Å²) in [5, 5.41) is 10.4. The second-order valence-corrected chi connectivity index (χ2v) is 4.85. The summed E-state index contributed by atoms with van der Waals surface area (Å²) in [6.45, 7) is 4.29. The summed E-state index contributed by atoms with van der Waals surface area (Å²) in [5.41, 5.74) is 4.78. The fourth-order valence-electron chi connectivity index (χ4n) is 1.44. The van der Waals surface area contributed by atoms with Gasteiger partial charge in [0.15, 0.2) is 0 Å². The largest absolute Gasteiger partial charge is 0.384 e. The van der Waals surface area contributed by atoms with Crippen LogP contribution in [0.3, 0.4) is 0 Å². The van der Waals surface area contributed by atoms with E-state index in [2.05, 4.69) is 0 Å². The van der Waals surface area contributed by atoms with Crippen LogP contribution in [-0.2, 0) is 13.6 Å². The number of aromatic nitrogens is 2. The lowest BCUT2D eigenvalue weighted by atomic mass is 10.2. The van der Waals surface area contributed by atoms with Crippen molar-refractivity contribution in [3.05, 3.63) is 20.8 Å². The molecule has 1 heterocycles. The molecule has 0 bridgehead atoms. The maximum absolute atomic E-state index is 11.9. The Morgan fingerprint density at radius 2 is 2.06 bits per heavy atom. The molecule has 0 amide bonds. The summed E-state index contributed by atoms with van der Waals surface area (Å²) in [7, 11) is 1.38. The van der Waals surface area contributed by atoms with E-state index in [1.165, 1.54) is 11.6 Å². The molecule has 17 heavy (non-hydrogen) atoms. The van der Waals surface area contributed by atoms with Gasteiger partial charge in [-0.25, -0.2) is 4.79 Å². The Kier molecular flexibility index (Phi) is 4.02. The van der Waals surface area contributed by atoms with Gasteiger partial charge < -0.3 is 5.73 Å². The number of hydrogen-bond acceptors (Lipinski definition) is 5. The van der Waals surface area contributed by atoms with Gasteiger partial charge in [-0.2, -0.15) is 5.26 Å². The van der Waals surface area contributed by atoms with Crippen LogP contribution in [0.2, 0.25) is 0 Å². The van der Waals surface area contributed by atoms with Crippen LogP contribution in [0.25, 0.3) is 0 Å². The van der Waals surface area contributed by atoms with Crippen molar-refractivity contribution in [2.24, 2.45) is 13.0 Å². The van der Waals surface area contributed by atoms with Crippen LogP contribution in [0.15, 0.2) is 14.5 Å². The maximum Gasteiger partial charge on any atom is 0.332 e. The molecule has 1 rings (SSSR count). The highest BCUT2D eigenvalue weighted by Gasteiger charge is 2.16. The lowest BCUT2D eigenvalue weighted by Gasteiger charge is -2.14. The van der Waals surface area contributed by atoms with Crippen LogP contribution in [-0.4, -0.2) is 9.13 Å². The van der Waals surface area contributed by atoms with Gasteiger partial charge in [-0.05, 0) is 17.7 Å². The Bertz CT molecular complexity index is 580. The normalized spacial score (nSPS) is 10.5. The van der Waals surface area contributed by atoms with Crippen LogP contribution >= 0.6 is 11.8 Å². The van der Waals surface area contributed by atoms with Crippen molar-refractivity contribution >= 4 is 17.6 Å². The molecule has 92 valence electrons. The molecule has 1 aromatic heterocycles. The van der Waals surface area contributed by atoms with E-state index < -0.39 is 11.2 Å². The van der Waals surface area contributed by atoms with Crippen molar-refractivity contribution in [3.8, 4) is 5.40 Å². The molecular formula is C10H14N4O2S. The average Bonchev–Trinajstić information content (AvgIpc) is 2.27. The predicted octanol–water partition coefficient (Wildman–Crippen LogP) is 0.358. The van der Waals surface area contributed by atoms with Crippen molar-refractivity contribution in [1.29, 1.82) is 5.26 Å². The molecule has 0 radical (unpaired) electrons. The maximum atomic E-state index is 11.9. The predicted molar refractivity (Wildman–Crippen MR) is 66.7 cm³/mol. The number of hydrogen-bond donors (Lipinski definition) is 1. The first-order valence-corrected chi connectivity index (χ1v) is 5.87. The summed E-state index contributed by atoms with van der Waals surface area (Å²) in [6, 6.07) is 0. The van der Waals surface area contributed by atoms with Crippen molar-refractivity contribution in [3.63, 3.8) is 0 Å². The van der Waals surface area contributed by atoms with Crippen LogP contribution in [0, 0.1) is 16.6 Å². The molecule has 0 aliphatic carbocycles. The fraction of sp³-hybridized carbons (Fsp3) is 0.500. The van der Waals surface area contributed by atoms with Crippen molar-refractivity contribution < 1.29 is 0 Å². The second kappa shape index (κ2) is 5.10. The fourth-order valence-corrected chi connectivity index (χ4v) is 1.97. The van der Waals surface area contributed by atoms with E-state index in [1.807, 2.05) is 13.8 Å². The summed E-state index contributed by atoms with van der Waals surface area (Å²) in [5.74, 6) is 0.283. The topological polar surface area (TPSA) is 93.8 Å². The number of nitriles is 1. The first-order chi connectivity index (χ1) is 7.90. The lowest BCUT2D eigenvalue weighted by Crippen LogP contribution is -2.40. The van der Waals surface area contributed by atoms with Gasteiger partial charge in [0.2, 0.25) is 0 Å². The van der Waals surface area contributed by atoms with E-state index in [4.69, 9.17) is 11.0 Å². The zero-order valence-corrected chi connectivity index (χ0v) is 10.7. The minimum Gasteiger partial charge on any atom is -0.384 e. The molecule has 7 heteroatoms. The van der Waals surface area contributed by atoms with Gasteiger partial charge in [0.05, 0.1) is 0 Å². The lowest BCUT2D eigenvalue weighted by molar-refractivity contribution is 0.488. The third kappa shape index (κ3) is 2.53. The van der Waals surface area contributed by atoms with Gasteiger partial charge in [0, 0.05) is 13.6 Å². The highest BCUT2D eigenvalue weighted by atomic mass is 32.2. The van der Waals surface area contributed by atoms with Gasteiger partial charge in [0.1, 0.15) is 16.1 Å². The van der Waals surface area contributed by atoms with Crippen LogP contribution in [0.4, 0.5) is 5.82 Å². The van der Waals surface area contributed by atoms with E-state index in [0.717, 1.165) is 4.57 Å². The Hall–Kier alpha value is -1.68. The number of thiocyanates is 1. The molecular weight excluding hydrogens is 240 g/mol. The third-order valence-electron chi connectivity index (χ3n) is 2.24. The number of nitrogen functional groups attached to an aromatic ring is 1. The van der Waals surface area contributed by atoms with Gasteiger partial charge in [0.25, 0.3) is 5.56 Å². The van der Waals surface area contributed by atoms with E-state index in [1.54, 1.807) is 5.40 Å². The van der Waals surface area contributed by atoms with Crippen LogP contribution in [0.1, 0.15) is 13.8 Å².